The third-order valence-electron chi connectivity index (χ3n) is 3.75. The Bertz CT molecular complexity index is 400. The van der Waals surface area contributed by atoms with Crippen LogP contribution < -0.4 is 10.1 Å². The van der Waals surface area contributed by atoms with E-state index in [1.54, 1.807) is 0 Å². The molecule has 0 aromatic heterocycles. The topological polar surface area (TPSA) is 21.3 Å². The third-order valence-corrected chi connectivity index (χ3v) is 3.75. The largest absolute Gasteiger partial charge is 0.489 e. The quantitative estimate of drug-likeness (QED) is 0.810. The van der Waals surface area contributed by atoms with Crippen LogP contribution in [0.25, 0.3) is 0 Å². The second-order valence-electron chi connectivity index (χ2n) is 5.98. The van der Waals surface area contributed by atoms with Crippen LogP contribution in [0.3, 0.4) is 0 Å². The van der Waals surface area contributed by atoms with E-state index < -0.39 is 0 Å². The number of hydrogen-bond acceptors (Lipinski definition) is 2. The van der Waals surface area contributed by atoms with Gasteiger partial charge in [0.1, 0.15) is 11.9 Å². The number of aryl methyl sites for hydroxylation is 2. The van der Waals surface area contributed by atoms with Gasteiger partial charge in [0.2, 0.25) is 0 Å². The maximum atomic E-state index is 6.11. The minimum atomic E-state index is 0.276. The summed E-state index contributed by atoms with van der Waals surface area (Å²) >= 11 is 0. The summed E-state index contributed by atoms with van der Waals surface area (Å²) in [5, 5.41) is 3.48. The van der Waals surface area contributed by atoms with Crippen LogP contribution in [-0.4, -0.2) is 19.2 Å². The highest BCUT2D eigenvalue weighted by molar-refractivity contribution is 5.38. The molecule has 0 fully saturated rings. The van der Waals surface area contributed by atoms with Crippen LogP contribution in [-0.2, 0) is 12.8 Å². The first kappa shape index (κ1) is 14.4. The molecule has 106 valence electrons. The molecule has 19 heavy (non-hydrogen) atoms. The molecule has 0 heterocycles. The Hall–Kier alpha value is -1.02. The molecular formula is C17H27NO. The molecule has 1 unspecified atom stereocenters. The normalized spacial score (nSPS) is 15.6. The van der Waals surface area contributed by atoms with E-state index in [4.69, 9.17) is 4.74 Å². The van der Waals surface area contributed by atoms with Crippen molar-refractivity contribution in [2.24, 2.45) is 5.92 Å². The molecule has 0 radical (unpaired) electrons. The van der Waals surface area contributed by atoms with Crippen LogP contribution in [0.5, 0.6) is 5.75 Å². The van der Waals surface area contributed by atoms with Gasteiger partial charge in [0.25, 0.3) is 0 Å². The predicted octanol–water partition coefficient (Wildman–Crippen LogP) is 3.58. The van der Waals surface area contributed by atoms with Gasteiger partial charge < -0.3 is 10.1 Å². The van der Waals surface area contributed by atoms with Crippen molar-refractivity contribution in [2.45, 2.75) is 52.6 Å². The molecule has 0 spiro atoms. The van der Waals surface area contributed by atoms with E-state index in [1.165, 1.54) is 30.4 Å². The lowest BCUT2D eigenvalue weighted by atomic mass is 10.1. The molecule has 1 aromatic carbocycles. The van der Waals surface area contributed by atoms with Crippen molar-refractivity contribution in [3.63, 3.8) is 0 Å². The monoisotopic (exact) mass is 261 g/mol. The van der Waals surface area contributed by atoms with E-state index in [9.17, 15) is 0 Å². The zero-order valence-corrected chi connectivity index (χ0v) is 12.5. The molecule has 1 aliphatic rings. The second-order valence-corrected chi connectivity index (χ2v) is 5.98. The van der Waals surface area contributed by atoms with E-state index in [0.29, 0.717) is 5.92 Å². The third kappa shape index (κ3) is 4.24. The number of ether oxygens (including phenoxy) is 1. The van der Waals surface area contributed by atoms with Gasteiger partial charge in [0.05, 0.1) is 0 Å². The highest BCUT2D eigenvalue weighted by atomic mass is 16.5. The van der Waals surface area contributed by atoms with Crippen molar-refractivity contribution in [3.05, 3.63) is 29.3 Å². The Labute approximate surface area is 117 Å². The Morgan fingerprint density at radius 2 is 1.95 bits per heavy atom. The Morgan fingerprint density at radius 1 is 1.16 bits per heavy atom. The molecule has 0 aliphatic heterocycles. The van der Waals surface area contributed by atoms with E-state index in [1.807, 2.05) is 0 Å². The molecule has 0 bridgehead atoms. The van der Waals surface area contributed by atoms with Crippen molar-refractivity contribution < 1.29 is 4.74 Å². The summed E-state index contributed by atoms with van der Waals surface area (Å²) in [6.45, 7) is 8.65. The zero-order valence-electron chi connectivity index (χ0n) is 12.5. The molecule has 0 saturated carbocycles. The van der Waals surface area contributed by atoms with Crippen molar-refractivity contribution in [3.8, 4) is 5.75 Å². The minimum absolute atomic E-state index is 0.276. The Kier molecular flexibility index (Phi) is 5.26. The summed E-state index contributed by atoms with van der Waals surface area (Å²) in [6, 6.07) is 6.62. The maximum Gasteiger partial charge on any atom is 0.120 e. The van der Waals surface area contributed by atoms with E-state index >= 15 is 0 Å². The average Bonchev–Trinajstić information content (AvgIpc) is 2.84. The second kappa shape index (κ2) is 6.95. The number of fused-ring (bicyclic) bond motifs is 1. The smallest absolute Gasteiger partial charge is 0.120 e. The molecule has 0 amide bonds. The summed E-state index contributed by atoms with van der Waals surface area (Å²) in [5.41, 5.74) is 3.00. The zero-order chi connectivity index (χ0) is 13.7. The van der Waals surface area contributed by atoms with Crippen LogP contribution in [0.2, 0.25) is 0 Å². The van der Waals surface area contributed by atoms with Gasteiger partial charge >= 0.3 is 0 Å². The average molecular weight is 261 g/mol. The first-order chi connectivity index (χ1) is 9.19. The van der Waals surface area contributed by atoms with Crippen LogP contribution in [0, 0.1) is 5.92 Å². The first-order valence-electron chi connectivity index (χ1n) is 7.68. The number of rotatable bonds is 7. The first-order valence-corrected chi connectivity index (χ1v) is 7.68. The van der Waals surface area contributed by atoms with Gasteiger partial charge in [-0.3, -0.25) is 0 Å². The van der Waals surface area contributed by atoms with Gasteiger partial charge in [-0.15, -0.1) is 0 Å². The minimum Gasteiger partial charge on any atom is -0.489 e. The van der Waals surface area contributed by atoms with Gasteiger partial charge in [0, 0.05) is 6.54 Å². The lowest BCUT2D eigenvalue weighted by Crippen LogP contribution is -2.33. The molecule has 1 aliphatic carbocycles. The molecule has 1 atom stereocenters. The Balaban J connectivity index is 1.87. The van der Waals surface area contributed by atoms with Gasteiger partial charge in [-0.2, -0.15) is 0 Å². The van der Waals surface area contributed by atoms with E-state index in [2.05, 4.69) is 44.3 Å². The van der Waals surface area contributed by atoms with Gasteiger partial charge in [-0.05, 0) is 61.4 Å². The van der Waals surface area contributed by atoms with Crippen LogP contribution in [0.1, 0.15) is 44.7 Å². The highest BCUT2D eigenvalue weighted by Crippen LogP contribution is 2.26. The summed E-state index contributed by atoms with van der Waals surface area (Å²) < 4.78 is 6.11. The summed E-state index contributed by atoms with van der Waals surface area (Å²) in [4.78, 5) is 0. The summed E-state index contributed by atoms with van der Waals surface area (Å²) in [6.07, 6.45) is 5.07. The number of nitrogens with one attached hydrogen (secondary N) is 1. The van der Waals surface area contributed by atoms with Crippen molar-refractivity contribution in [1.82, 2.24) is 5.32 Å². The number of hydrogen-bond donors (Lipinski definition) is 1. The fourth-order valence-corrected chi connectivity index (χ4v) is 2.62. The summed E-state index contributed by atoms with van der Waals surface area (Å²) in [7, 11) is 0. The van der Waals surface area contributed by atoms with Gasteiger partial charge in [-0.1, -0.05) is 26.8 Å². The lowest BCUT2D eigenvalue weighted by Gasteiger charge is -2.19. The molecular weight excluding hydrogens is 234 g/mol. The van der Waals surface area contributed by atoms with E-state index in [0.717, 1.165) is 25.3 Å². The summed E-state index contributed by atoms with van der Waals surface area (Å²) in [5.74, 6) is 1.73. The van der Waals surface area contributed by atoms with E-state index in [-0.39, 0.29) is 6.10 Å². The molecule has 1 aromatic rings. The van der Waals surface area contributed by atoms with Crippen molar-refractivity contribution in [2.75, 3.05) is 13.1 Å². The predicted molar refractivity (Wildman–Crippen MR) is 80.9 cm³/mol. The SMILES string of the molecule is CCC(CNCC(C)C)Oc1ccc2c(c1)CCC2. The lowest BCUT2D eigenvalue weighted by molar-refractivity contribution is 0.192. The van der Waals surface area contributed by atoms with Gasteiger partial charge in [-0.25, -0.2) is 0 Å². The van der Waals surface area contributed by atoms with Crippen molar-refractivity contribution >= 4 is 0 Å². The maximum absolute atomic E-state index is 6.11. The Morgan fingerprint density at radius 3 is 2.68 bits per heavy atom. The molecule has 1 N–H and O–H groups in total. The van der Waals surface area contributed by atoms with Gasteiger partial charge in [0.15, 0.2) is 0 Å². The fourth-order valence-electron chi connectivity index (χ4n) is 2.62. The molecule has 0 saturated heterocycles. The molecule has 2 nitrogen and oxygen atoms in total. The number of benzene rings is 1. The molecule has 2 rings (SSSR count). The molecule has 2 heteroatoms. The highest BCUT2D eigenvalue weighted by Gasteiger charge is 2.13. The standard InChI is InChI=1S/C17H27NO/c1-4-16(12-18-11-13(2)3)19-17-9-8-14-6-5-7-15(14)10-17/h8-10,13,16,18H,4-7,11-12H2,1-3H3. The van der Waals surface area contributed by atoms with Crippen LogP contribution in [0.15, 0.2) is 18.2 Å². The van der Waals surface area contributed by atoms with Crippen molar-refractivity contribution in [1.29, 1.82) is 0 Å². The van der Waals surface area contributed by atoms with Crippen LogP contribution in [0.4, 0.5) is 0 Å². The fraction of sp³-hybridized carbons (Fsp3) is 0.647. The van der Waals surface area contributed by atoms with Crippen LogP contribution >= 0.6 is 0 Å².